The summed E-state index contributed by atoms with van der Waals surface area (Å²) in [5, 5.41) is 3.62. The minimum absolute atomic E-state index is 0.108. The zero-order valence-corrected chi connectivity index (χ0v) is 15.7. The molecule has 0 spiro atoms. The Bertz CT molecular complexity index is 973. The summed E-state index contributed by atoms with van der Waals surface area (Å²) in [5.41, 5.74) is 4.82. The number of nitrogens with one attached hydrogen (secondary N) is 1. The highest BCUT2D eigenvalue weighted by molar-refractivity contribution is 5.90. The van der Waals surface area contributed by atoms with E-state index in [4.69, 9.17) is 9.47 Å². The Morgan fingerprint density at radius 2 is 2.07 bits per heavy atom. The molecule has 0 amide bonds. The molecule has 1 unspecified atom stereocenters. The molecular weight excluding hydrogens is 352 g/mol. The van der Waals surface area contributed by atoms with Crippen molar-refractivity contribution in [2.24, 2.45) is 0 Å². The van der Waals surface area contributed by atoms with Crippen LogP contribution in [0.5, 0.6) is 5.75 Å². The first kappa shape index (κ1) is 18.2. The van der Waals surface area contributed by atoms with Crippen LogP contribution in [0.25, 0.3) is 0 Å². The number of fused-ring (bicyclic) bond motifs is 2. The fourth-order valence-corrected chi connectivity index (χ4v) is 3.46. The van der Waals surface area contributed by atoms with Gasteiger partial charge in [0, 0.05) is 24.5 Å². The van der Waals surface area contributed by atoms with E-state index in [1.165, 1.54) is 0 Å². The molecule has 5 nitrogen and oxygen atoms in total. The molecule has 0 saturated heterocycles. The van der Waals surface area contributed by atoms with Gasteiger partial charge in [-0.1, -0.05) is 30.3 Å². The molecule has 1 aromatic heterocycles. The predicted molar refractivity (Wildman–Crippen MR) is 106 cm³/mol. The van der Waals surface area contributed by atoms with Crippen molar-refractivity contribution in [1.29, 1.82) is 0 Å². The third-order valence-electron chi connectivity index (χ3n) is 4.81. The van der Waals surface area contributed by atoms with E-state index in [0.29, 0.717) is 25.3 Å². The third-order valence-corrected chi connectivity index (χ3v) is 4.81. The van der Waals surface area contributed by atoms with Gasteiger partial charge in [-0.05, 0) is 47.9 Å². The second-order valence-corrected chi connectivity index (χ2v) is 6.64. The summed E-state index contributed by atoms with van der Waals surface area (Å²) in [6.45, 7) is 3.29. The van der Waals surface area contributed by atoms with Crippen LogP contribution in [0.1, 0.15) is 45.6 Å². The number of esters is 1. The first-order valence-electron chi connectivity index (χ1n) is 9.40. The summed E-state index contributed by atoms with van der Waals surface area (Å²) in [7, 11) is 0. The molecule has 2 heterocycles. The molecule has 1 atom stereocenters. The Labute approximate surface area is 164 Å². The SMILES string of the molecule is CCOC(=O)c1ccc2c(c1)C(NCc1cccnc1)c1ccccc1CO2. The lowest BCUT2D eigenvalue weighted by Gasteiger charge is -2.21. The molecule has 3 aromatic rings. The number of ether oxygens (including phenoxy) is 2. The summed E-state index contributed by atoms with van der Waals surface area (Å²) in [6, 6.07) is 17.6. The van der Waals surface area contributed by atoms with Crippen molar-refractivity contribution in [2.75, 3.05) is 6.61 Å². The number of rotatable bonds is 5. The minimum Gasteiger partial charge on any atom is -0.489 e. The maximum Gasteiger partial charge on any atom is 0.338 e. The summed E-state index contributed by atoms with van der Waals surface area (Å²) >= 11 is 0. The summed E-state index contributed by atoms with van der Waals surface area (Å²) in [5.74, 6) is 0.446. The average molecular weight is 374 g/mol. The lowest BCUT2D eigenvalue weighted by molar-refractivity contribution is 0.0526. The molecule has 28 heavy (non-hydrogen) atoms. The van der Waals surface area contributed by atoms with Crippen molar-refractivity contribution >= 4 is 5.97 Å². The second-order valence-electron chi connectivity index (χ2n) is 6.64. The quantitative estimate of drug-likeness (QED) is 0.683. The number of benzene rings is 2. The van der Waals surface area contributed by atoms with E-state index >= 15 is 0 Å². The second kappa shape index (κ2) is 8.23. The molecule has 0 bridgehead atoms. The number of carbonyl (C=O) groups is 1. The lowest BCUT2D eigenvalue weighted by Crippen LogP contribution is -2.23. The number of pyridine rings is 1. The largest absolute Gasteiger partial charge is 0.489 e. The molecular formula is C23H22N2O3. The molecule has 2 aromatic carbocycles. The van der Waals surface area contributed by atoms with Gasteiger partial charge in [0.15, 0.2) is 0 Å². The zero-order valence-electron chi connectivity index (χ0n) is 15.7. The van der Waals surface area contributed by atoms with Gasteiger partial charge in [-0.15, -0.1) is 0 Å². The van der Waals surface area contributed by atoms with Gasteiger partial charge < -0.3 is 14.8 Å². The lowest BCUT2D eigenvalue weighted by atomic mass is 9.93. The highest BCUT2D eigenvalue weighted by atomic mass is 16.5. The Morgan fingerprint density at radius 1 is 1.18 bits per heavy atom. The van der Waals surface area contributed by atoms with E-state index in [1.54, 1.807) is 19.2 Å². The highest BCUT2D eigenvalue weighted by Gasteiger charge is 2.25. The Morgan fingerprint density at radius 3 is 2.89 bits per heavy atom. The van der Waals surface area contributed by atoms with E-state index < -0.39 is 0 Å². The van der Waals surface area contributed by atoms with E-state index in [-0.39, 0.29) is 12.0 Å². The van der Waals surface area contributed by atoms with Crippen LogP contribution < -0.4 is 10.1 Å². The van der Waals surface area contributed by atoms with Crippen LogP contribution >= 0.6 is 0 Å². The molecule has 1 aliphatic rings. The molecule has 4 rings (SSSR count). The van der Waals surface area contributed by atoms with E-state index in [9.17, 15) is 4.79 Å². The van der Waals surface area contributed by atoms with Crippen LogP contribution in [-0.2, 0) is 17.9 Å². The number of hydrogen-bond acceptors (Lipinski definition) is 5. The third kappa shape index (κ3) is 3.75. The monoisotopic (exact) mass is 374 g/mol. The van der Waals surface area contributed by atoms with Crippen molar-refractivity contribution in [1.82, 2.24) is 10.3 Å². The van der Waals surface area contributed by atoms with Gasteiger partial charge in [0.1, 0.15) is 12.4 Å². The number of nitrogens with zero attached hydrogens (tertiary/aromatic N) is 1. The topological polar surface area (TPSA) is 60.5 Å². The summed E-state index contributed by atoms with van der Waals surface area (Å²) in [6.07, 6.45) is 3.61. The fourth-order valence-electron chi connectivity index (χ4n) is 3.46. The number of hydrogen-bond donors (Lipinski definition) is 1. The Kier molecular flexibility index (Phi) is 5.35. The standard InChI is InChI=1S/C23H22N2O3/c1-2-27-23(26)17-9-10-21-20(12-17)22(25-14-16-6-5-11-24-13-16)19-8-4-3-7-18(19)15-28-21/h3-13,22,25H,2,14-15H2,1H3. The molecule has 1 N–H and O–H groups in total. The zero-order chi connectivity index (χ0) is 19.3. The van der Waals surface area contributed by atoms with Crippen LogP contribution in [0.15, 0.2) is 67.0 Å². The molecule has 142 valence electrons. The van der Waals surface area contributed by atoms with Crippen LogP contribution in [0.3, 0.4) is 0 Å². The predicted octanol–water partition coefficient (Wildman–Crippen LogP) is 4.03. The van der Waals surface area contributed by atoms with Crippen LogP contribution in [0.4, 0.5) is 0 Å². The minimum atomic E-state index is -0.325. The van der Waals surface area contributed by atoms with Crippen LogP contribution in [0, 0.1) is 0 Å². The van der Waals surface area contributed by atoms with Crippen molar-refractivity contribution < 1.29 is 14.3 Å². The van der Waals surface area contributed by atoms with Crippen molar-refractivity contribution in [2.45, 2.75) is 26.1 Å². The van der Waals surface area contributed by atoms with Crippen LogP contribution in [-0.4, -0.2) is 17.6 Å². The average Bonchev–Trinajstić information content (AvgIpc) is 2.89. The molecule has 1 aliphatic heterocycles. The molecule has 0 aliphatic carbocycles. The molecule has 0 radical (unpaired) electrons. The maximum absolute atomic E-state index is 12.3. The van der Waals surface area contributed by atoms with E-state index in [2.05, 4.69) is 22.4 Å². The Balaban J connectivity index is 1.73. The van der Waals surface area contributed by atoms with E-state index in [0.717, 1.165) is 28.0 Å². The van der Waals surface area contributed by atoms with Crippen molar-refractivity contribution in [3.05, 3.63) is 94.8 Å². The Hall–Kier alpha value is -3.18. The summed E-state index contributed by atoms with van der Waals surface area (Å²) < 4.78 is 11.2. The summed E-state index contributed by atoms with van der Waals surface area (Å²) in [4.78, 5) is 16.4. The van der Waals surface area contributed by atoms with Crippen LogP contribution in [0.2, 0.25) is 0 Å². The number of carbonyl (C=O) groups excluding carboxylic acids is 1. The van der Waals surface area contributed by atoms with Gasteiger partial charge in [0.25, 0.3) is 0 Å². The maximum atomic E-state index is 12.3. The van der Waals surface area contributed by atoms with Gasteiger partial charge in [0.2, 0.25) is 0 Å². The van der Waals surface area contributed by atoms with E-state index in [1.807, 2.05) is 42.6 Å². The van der Waals surface area contributed by atoms with Gasteiger partial charge >= 0.3 is 5.97 Å². The molecule has 0 fully saturated rings. The number of aromatic nitrogens is 1. The fraction of sp³-hybridized carbons (Fsp3) is 0.217. The normalized spacial score (nSPS) is 15.0. The first-order chi connectivity index (χ1) is 13.8. The van der Waals surface area contributed by atoms with Gasteiger partial charge in [-0.25, -0.2) is 4.79 Å². The van der Waals surface area contributed by atoms with Gasteiger partial charge in [-0.3, -0.25) is 4.98 Å². The molecule has 0 saturated carbocycles. The van der Waals surface area contributed by atoms with Gasteiger partial charge in [-0.2, -0.15) is 0 Å². The smallest absolute Gasteiger partial charge is 0.338 e. The van der Waals surface area contributed by atoms with Crippen molar-refractivity contribution in [3.63, 3.8) is 0 Å². The van der Waals surface area contributed by atoms with Crippen molar-refractivity contribution in [3.8, 4) is 5.75 Å². The highest BCUT2D eigenvalue weighted by Crippen LogP contribution is 2.36. The molecule has 5 heteroatoms. The first-order valence-corrected chi connectivity index (χ1v) is 9.40. The van der Waals surface area contributed by atoms with Gasteiger partial charge in [0.05, 0.1) is 18.2 Å².